The maximum atomic E-state index is 10.1. The summed E-state index contributed by atoms with van der Waals surface area (Å²) in [6.45, 7) is 4.53. The summed E-state index contributed by atoms with van der Waals surface area (Å²) in [5.74, 6) is 0. The predicted octanol–water partition coefficient (Wildman–Crippen LogP) is 2.09. The predicted molar refractivity (Wildman–Crippen MR) is 49.6 cm³/mol. The smallest absolute Gasteiger partial charge is 0.316 e. The number of amides is 1. The number of halogens is 1. The molecule has 1 amide bonds. The van der Waals surface area contributed by atoms with Gasteiger partial charge in [0.2, 0.25) is 0 Å². The highest BCUT2D eigenvalue weighted by molar-refractivity contribution is 6.62. The van der Waals surface area contributed by atoms with Gasteiger partial charge in [0.15, 0.2) is 0 Å². The summed E-state index contributed by atoms with van der Waals surface area (Å²) in [7, 11) is 1.65. The molecule has 0 radical (unpaired) electrons. The van der Waals surface area contributed by atoms with Gasteiger partial charge in [0.25, 0.3) is 0 Å². The molecule has 3 nitrogen and oxygen atoms in total. The first-order chi connectivity index (χ1) is 5.68. The molecule has 1 saturated heterocycles. The molecular weight excluding hydrogens is 178 g/mol. The quantitative estimate of drug-likeness (QED) is 0.472. The lowest BCUT2D eigenvalue weighted by molar-refractivity contribution is 0.198. The van der Waals surface area contributed by atoms with Crippen LogP contribution < -0.4 is 0 Å². The summed E-state index contributed by atoms with van der Waals surface area (Å²) in [4.78, 5) is 11.5. The standard InChI is InChI=1S/C4H8ClNO.C4H8O/c1-3-6(2)4(5)7;1-2-4-5-3-1/h3H2,1-2H3;1-4H2. The van der Waals surface area contributed by atoms with Crippen molar-refractivity contribution in [3.8, 4) is 0 Å². The van der Waals surface area contributed by atoms with Crippen molar-refractivity contribution in [1.29, 1.82) is 0 Å². The van der Waals surface area contributed by atoms with Crippen LogP contribution in [0.5, 0.6) is 0 Å². The molecule has 0 aromatic carbocycles. The van der Waals surface area contributed by atoms with Gasteiger partial charge in [0.05, 0.1) is 0 Å². The van der Waals surface area contributed by atoms with Crippen molar-refractivity contribution in [2.24, 2.45) is 0 Å². The van der Waals surface area contributed by atoms with E-state index in [1.165, 1.54) is 17.7 Å². The maximum Gasteiger partial charge on any atom is 0.316 e. The maximum absolute atomic E-state index is 10.1. The summed E-state index contributed by atoms with van der Waals surface area (Å²) >= 11 is 5.02. The van der Waals surface area contributed by atoms with Gasteiger partial charge in [-0.25, -0.2) is 0 Å². The molecule has 4 heteroatoms. The van der Waals surface area contributed by atoms with Crippen LogP contribution in [0.25, 0.3) is 0 Å². The molecule has 0 bridgehead atoms. The SMILES string of the molecule is C1CCOC1.CCN(C)C(=O)Cl. The highest BCUT2D eigenvalue weighted by Gasteiger charge is 1.97. The van der Waals surface area contributed by atoms with Crippen LogP contribution >= 0.6 is 11.6 Å². The van der Waals surface area contributed by atoms with Crippen LogP contribution in [-0.4, -0.2) is 37.1 Å². The zero-order chi connectivity index (χ0) is 9.40. The Balaban J connectivity index is 0.000000211. The van der Waals surface area contributed by atoms with Gasteiger partial charge in [-0.2, -0.15) is 0 Å². The first-order valence-corrected chi connectivity index (χ1v) is 4.54. The third-order valence-corrected chi connectivity index (χ3v) is 1.89. The van der Waals surface area contributed by atoms with Crippen molar-refractivity contribution in [2.75, 3.05) is 26.8 Å². The number of hydrogen-bond acceptors (Lipinski definition) is 2. The highest BCUT2D eigenvalue weighted by atomic mass is 35.5. The molecule has 0 atom stereocenters. The number of ether oxygens (including phenoxy) is 1. The number of carbonyl (C=O) groups excluding carboxylic acids is 1. The molecule has 1 heterocycles. The zero-order valence-electron chi connectivity index (χ0n) is 7.68. The molecule has 1 aliphatic heterocycles. The Labute approximate surface area is 78.6 Å². The van der Waals surface area contributed by atoms with Gasteiger partial charge in [-0.3, -0.25) is 4.79 Å². The molecule has 0 unspecified atom stereocenters. The minimum Gasteiger partial charge on any atom is -0.381 e. The summed E-state index contributed by atoms with van der Waals surface area (Å²) in [5.41, 5.74) is 0. The van der Waals surface area contributed by atoms with E-state index < -0.39 is 5.37 Å². The second kappa shape index (κ2) is 7.37. The van der Waals surface area contributed by atoms with Crippen LogP contribution in [0.1, 0.15) is 19.8 Å². The van der Waals surface area contributed by atoms with Crippen LogP contribution in [0.15, 0.2) is 0 Å². The lowest BCUT2D eigenvalue weighted by atomic mass is 10.4. The van der Waals surface area contributed by atoms with Crippen molar-refractivity contribution >= 4 is 17.0 Å². The Morgan fingerprint density at radius 3 is 2.08 bits per heavy atom. The fraction of sp³-hybridized carbons (Fsp3) is 0.875. The first kappa shape index (κ1) is 11.7. The third-order valence-electron chi connectivity index (χ3n) is 1.60. The van der Waals surface area contributed by atoms with Crippen LogP contribution in [0.3, 0.4) is 0 Å². The molecule has 1 fully saturated rings. The van der Waals surface area contributed by atoms with Gasteiger partial charge in [-0.15, -0.1) is 0 Å². The van der Waals surface area contributed by atoms with Crippen molar-refractivity contribution in [3.05, 3.63) is 0 Å². The second-order valence-corrected chi connectivity index (χ2v) is 2.91. The Kier molecular flexibility index (Phi) is 7.20. The van der Waals surface area contributed by atoms with Crippen LogP contribution in [0.2, 0.25) is 0 Å². The highest BCUT2D eigenvalue weighted by Crippen LogP contribution is 1.98. The summed E-state index contributed by atoms with van der Waals surface area (Å²) in [6.07, 6.45) is 2.56. The molecule has 12 heavy (non-hydrogen) atoms. The van der Waals surface area contributed by atoms with Gasteiger partial charge < -0.3 is 9.64 Å². The lowest BCUT2D eigenvalue weighted by Gasteiger charge is -2.06. The minimum atomic E-state index is -0.400. The van der Waals surface area contributed by atoms with Crippen molar-refractivity contribution < 1.29 is 9.53 Å². The van der Waals surface area contributed by atoms with E-state index in [9.17, 15) is 4.79 Å². The molecule has 0 N–H and O–H groups in total. The fourth-order valence-electron chi connectivity index (χ4n) is 0.635. The Morgan fingerprint density at radius 2 is 2.00 bits per heavy atom. The summed E-state index contributed by atoms with van der Waals surface area (Å²) in [6, 6.07) is 0. The van der Waals surface area contributed by atoms with Gasteiger partial charge in [-0.05, 0) is 31.4 Å². The third kappa shape index (κ3) is 6.43. The fourth-order valence-corrected chi connectivity index (χ4v) is 0.754. The second-order valence-electron chi connectivity index (χ2n) is 2.59. The van der Waals surface area contributed by atoms with Crippen LogP contribution in [0, 0.1) is 0 Å². The molecule has 0 aromatic heterocycles. The summed E-state index contributed by atoms with van der Waals surface area (Å²) in [5, 5.41) is -0.400. The van der Waals surface area contributed by atoms with E-state index in [1.807, 2.05) is 6.92 Å². The molecule has 0 aromatic rings. The molecule has 1 rings (SSSR count). The van der Waals surface area contributed by atoms with Crippen LogP contribution in [0.4, 0.5) is 4.79 Å². The number of nitrogens with zero attached hydrogens (tertiary/aromatic N) is 1. The van der Waals surface area contributed by atoms with Crippen molar-refractivity contribution in [1.82, 2.24) is 4.90 Å². The van der Waals surface area contributed by atoms with E-state index in [1.54, 1.807) is 7.05 Å². The van der Waals surface area contributed by atoms with Gasteiger partial charge in [-0.1, -0.05) is 0 Å². The van der Waals surface area contributed by atoms with Gasteiger partial charge in [0.1, 0.15) is 0 Å². The van der Waals surface area contributed by atoms with E-state index in [0.29, 0.717) is 6.54 Å². The average molecular weight is 194 g/mol. The molecule has 72 valence electrons. The van der Waals surface area contributed by atoms with Gasteiger partial charge in [0, 0.05) is 26.8 Å². The molecule has 0 spiro atoms. The van der Waals surface area contributed by atoms with Crippen molar-refractivity contribution in [3.63, 3.8) is 0 Å². The van der Waals surface area contributed by atoms with E-state index in [-0.39, 0.29) is 0 Å². The monoisotopic (exact) mass is 193 g/mol. The summed E-state index contributed by atoms with van der Waals surface area (Å²) < 4.78 is 4.94. The minimum absolute atomic E-state index is 0.400. The number of hydrogen-bond donors (Lipinski definition) is 0. The lowest BCUT2D eigenvalue weighted by Crippen LogP contribution is -2.19. The molecule has 0 saturated carbocycles. The largest absolute Gasteiger partial charge is 0.381 e. The van der Waals surface area contributed by atoms with E-state index in [0.717, 1.165) is 13.2 Å². The normalized spacial score (nSPS) is 14.9. The number of carbonyl (C=O) groups is 1. The average Bonchev–Trinajstić information content (AvgIpc) is 2.59. The molecule has 0 aliphatic carbocycles. The molecular formula is C8H16ClNO2. The number of rotatable bonds is 1. The Morgan fingerprint density at radius 1 is 1.50 bits per heavy atom. The first-order valence-electron chi connectivity index (χ1n) is 4.16. The topological polar surface area (TPSA) is 29.5 Å². The van der Waals surface area contributed by atoms with Gasteiger partial charge >= 0.3 is 5.37 Å². The van der Waals surface area contributed by atoms with E-state index in [2.05, 4.69) is 0 Å². The van der Waals surface area contributed by atoms with Crippen molar-refractivity contribution in [2.45, 2.75) is 19.8 Å². The Bertz CT molecular complexity index is 119. The molecule has 1 aliphatic rings. The van der Waals surface area contributed by atoms with E-state index in [4.69, 9.17) is 16.3 Å². The zero-order valence-corrected chi connectivity index (χ0v) is 8.43. The Hall–Kier alpha value is -0.280. The van der Waals surface area contributed by atoms with Crippen LogP contribution in [-0.2, 0) is 4.74 Å². The van der Waals surface area contributed by atoms with E-state index >= 15 is 0 Å².